The van der Waals surface area contributed by atoms with Crippen molar-refractivity contribution in [3.63, 3.8) is 0 Å². The number of rotatable bonds is 5. The van der Waals surface area contributed by atoms with Crippen molar-refractivity contribution in [1.29, 1.82) is 0 Å². The summed E-state index contributed by atoms with van der Waals surface area (Å²) in [5.74, 6) is -0.155. The number of Topliss-reactive ketones (excluding diaryl/α,β-unsaturated/α-hetero) is 1. The summed E-state index contributed by atoms with van der Waals surface area (Å²) in [7, 11) is 0. The Morgan fingerprint density at radius 3 is 2.08 bits per heavy atom. The molecule has 1 atom stereocenters. The number of anilines is 1. The Kier molecular flexibility index (Phi) is 5.00. The molecule has 0 radical (unpaired) electrons. The standard InChI is InChI=1S/C21H18N2O2/c1-16(20(24)17-9-4-2-5-10-17)23-14-8-13-19(15-23)22-21(25)18-11-6-3-7-12-18/h2-16H,1H3/p+1. The van der Waals surface area contributed by atoms with Gasteiger partial charge in [-0.25, -0.2) is 0 Å². The highest BCUT2D eigenvalue weighted by molar-refractivity contribution is 6.04. The topological polar surface area (TPSA) is 50.0 Å². The number of pyridine rings is 1. The molecule has 124 valence electrons. The quantitative estimate of drug-likeness (QED) is 0.573. The van der Waals surface area contributed by atoms with Gasteiger partial charge >= 0.3 is 0 Å². The molecule has 0 saturated heterocycles. The Bertz CT molecular complexity index is 877. The van der Waals surface area contributed by atoms with Gasteiger partial charge < -0.3 is 5.32 Å². The van der Waals surface area contributed by atoms with Crippen molar-refractivity contribution < 1.29 is 14.2 Å². The maximum Gasteiger partial charge on any atom is 0.255 e. The number of hydrogen-bond acceptors (Lipinski definition) is 2. The van der Waals surface area contributed by atoms with Crippen LogP contribution in [0.3, 0.4) is 0 Å². The number of nitrogens with one attached hydrogen (secondary N) is 1. The lowest BCUT2D eigenvalue weighted by molar-refractivity contribution is -0.704. The summed E-state index contributed by atoms with van der Waals surface area (Å²) in [6.45, 7) is 1.85. The fourth-order valence-electron chi connectivity index (χ4n) is 2.58. The van der Waals surface area contributed by atoms with Crippen molar-refractivity contribution in [2.75, 3.05) is 5.32 Å². The van der Waals surface area contributed by atoms with Crippen LogP contribution in [0.5, 0.6) is 0 Å². The van der Waals surface area contributed by atoms with E-state index in [0.29, 0.717) is 16.8 Å². The van der Waals surface area contributed by atoms with Crippen LogP contribution in [0, 0.1) is 0 Å². The summed E-state index contributed by atoms with van der Waals surface area (Å²) >= 11 is 0. The first kappa shape index (κ1) is 16.6. The molecule has 0 aliphatic heterocycles. The zero-order valence-electron chi connectivity index (χ0n) is 13.9. The van der Waals surface area contributed by atoms with Crippen LogP contribution in [0.2, 0.25) is 0 Å². The van der Waals surface area contributed by atoms with Gasteiger partial charge in [-0.3, -0.25) is 9.59 Å². The van der Waals surface area contributed by atoms with E-state index in [1.807, 2.05) is 55.6 Å². The number of amides is 1. The fraction of sp³-hybridized carbons (Fsp3) is 0.0952. The average Bonchev–Trinajstić information content (AvgIpc) is 2.68. The van der Waals surface area contributed by atoms with E-state index in [-0.39, 0.29) is 17.7 Å². The Morgan fingerprint density at radius 2 is 1.44 bits per heavy atom. The smallest absolute Gasteiger partial charge is 0.255 e. The zero-order chi connectivity index (χ0) is 17.6. The summed E-state index contributed by atoms with van der Waals surface area (Å²) in [5.41, 5.74) is 1.90. The zero-order valence-corrected chi connectivity index (χ0v) is 13.9. The Morgan fingerprint density at radius 1 is 0.840 bits per heavy atom. The SMILES string of the molecule is CC(C(=O)c1ccccc1)[n+]1cccc(NC(=O)c2ccccc2)c1. The van der Waals surface area contributed by atoms with Crippen molar-refractivity contribution in [2.45, 2.75) is 13.0 Å². The van der Waals surface area contributed by atoms with Gasteiger partial charge in [-0.2, -0.15) is 4.57 Å². The van der Waals surface area contributed by atoms with Crippen LogP contribution in [0.15, 0.2) is 85.2 Å². The molecule has 4 heteroatoms. The van der Waals surface area contributed by atoms with Crippen LogP contribution in [-0.4, -0.2) is 11.7 Å². The van der Waals surface area contributed by atoms with E-state index in [1.54, 1.807) is 41.1 Å². The van der Waals surface area contributed by atoms with E-state index in [0.717, 1.165) is 0 Å². The Hall–Kier alpha value is -3.27. The molecule has 0 saturated carbocycles. The van der Waals surface area contributed by atoms with Crippen LogP contribution >= 0.6 is 0 Å². The minimum Gasteiger partial charge on any atom is -0.317 e. The maximum absolute atomic E-state index is 12.6. The minimum atomic E-state index is -0.365. The molecule has 1 aromatic heterocycles. The third kappa shape index (κ3) is 3.98. The highest BCUT2D eigenvalue weighted by atomic mass is 16.1. The largest absolute Gasteiger partial charge is 0.317 e. The molecule has 0 bridgehead atoms. The summed E-state index contributed by atoms with van der Waals surface area (Å²) in [6, 6.07) is 21.5. The van der Waals surface area contributed by atoms with Gasteiger partial charge in [0.25, 0.3) is 5.91 Å². The molecule has 0 aliphatic rings. The highest BCUT2D eigenvalue weighted by Gasteiger charge is 2.23. The van der Waals surface area contributed by atoms with Gasteiger partial charge in [0.15, 0.2) is 12.4 Å². The molecule has 0 aliphatic carbocycles. The molecule has 1 unspecified atom stereocenters. The van der Waals surface area contributed by atoms with E-state index in [1.165, 1.54) is 0 Å². The van der Waals surface area contributed by atoms with E-state index >= 15 is 0 Å². The molecule has 25 heavy (non-hydrogen) atoms. The van der Waals surface area contributed by atoms with Crippen LogP contribution < -0.4 is 9.88 Å². The molecule has 0 spiro atoms. The molecule has 0 fully saturated rings. The van der Waals surface area contributed by atoms with Crippen molar-refractivity contribution >= 4 is 17.4 Å². The molecule has 1 amide bonds. The van der Waals surface area contributed by atoms with Gasteiger partial charge in [-0.05, 0) is 18.2 Å². The third-order valence-electron chi connectivity index (χ3n) is 4.00. The first-order valence-electron chi connectivity index (χ1n) is 8.11. The number of ketones is 1. The van der Waals surface area contributed by atoms with E-state index < -0.39 is 0 Å². The van der Waals surface area contributed by atoms with Gasteiger partial charge in [-0.15, -0.1) is 0 Å². The lowest BCUT2D eigenvalue weighted by Crippen LogP contribution is -2.42. The average molecular weight is 331 g/mol. The molecule has 1 N–H and O–H groups in total. The monoisotopic (exact) mass is 331 g/mol. The summed E-state index contributed by atoms with van der Waals surface area (Å²) in [6.07, 6.45) is 3.59. The Balaban J connectivity index is 1.77. The number of carbonyl (C=O) groups is 2. The summed E-state index contributed by atoms with van der Waals surface area (Å²) < 4.78 is 1.80. The third-order valence-corrected chi connectivity index (χ3v) is 4.00. The van der Waals surface area contributed by atoms with Crippen LogP contribution in [0.4, 0.5) is 5.69 Å². The second-order valence-electron chi connectivity index (χ2n) is 5.77. The van der Waals surface area contributed by atoms with Crippen LogP contribution in [-0.2, 0) is 0 Å². The predicted octanol–water partition coefficient (Wildman–Crippen LogP) is 3.67. The van der Waals surface area contributed by atoms with E-state index in [9.17, 15) is 9.59 Å². The van der Waals surface area contributed by atoms with Gasteiger partial charge in [0.05, 0.1) is 0 Å². The summed E-state index contributed by atoms with van der Waals surface area (Å²) in [5, 5.41) is 2.86. The molecule has 3 rings (SSSR count). The van der Waals surface area contributed by atoms with Crippen LogP contribution in [0.1, 0.15) is 33.7 Å². The Labute approximate surface area is 146 Å². The first-order chi connectivity index (χ1) is 12.1. The van der Waals surface area contributed by atoms with Crippen molar-refractivity contribution in [3.05, 3.63) is 96.3 Å². The maximum atomic E-state index is 12.6. The van der Waals surface area contributed by atoms with Gasteiger partial charge in [0.2, 0.25) is 11.8 Å². The number of benzene rings is 2. The van der Waals surface area contributed by atoms with Gasteiger partial charge in [0, 0.05) is 24.1 Å². The number of hydrogen-bond donors (Lipinski definition) is 1. The van der Waals surface area contributed by atoms with Crippen molar-refractivity contribution in [2.24, 2.45) is 0 Å². The number of carbonyl (C=O) groups excluding carboxylic acids is 2. The number of nitrogens with zero attached hydrogens (tertiary/aromatic N) is 1. The molecule has 2 aromatic carbocycles. The lowest BCUT2D eigenvalue weighted by Gasteiger charge is -2.08. The van der Waals surface area contributed by atoms with Crippen LogP contribution in [0.25, 0.3) is 0 Å². The van der Waals surface area contributed by atoms with Crippen molar-refractivity contribution in [3.8, 4) is 0 Å². The van der Waals surface area contributed by atoms with Gasteiger partial charge in [0.1, 0.15) is 5.69 Å². The lowest BCUT2D eigenvalue weighted by atomic mass is 10.1. The molecule has 3 aromatic rings. The second kappa shape index (κ2) is 7.53. The summed E-state index contributed by atoms with van der Waals surface area (Å²) in [4.78, 5) is 24.9. The minimum absolute atomic E-state index is 0.0251. The first-order valence-corrected chi connectivity index (χ1v) is 8.11. The molecule has 1 heterocycles. The predicted molar refractivity (Wildman–Crippen MR) is 96.5 cm³/mol. The normalized spacial score (nSPS) is 11.6. The molecular formula is C21H19N2O2+. The van der Waals surface area contributed by atoms with Crippen molar-refractivity contribution in [1.82, 2.24) is 0 Å². The van der Waals surface area contributed by atoms with Gasteiger partial charge in [-0.1, -0.05) is 48.5 Å². The highest BCUT2D eigenvalue weighted by Crippen LogP contribution is 2.11. The van der Waals surface area contributed by atoms with E-state index in [2.05, 4.69) is 5.32 Å². The fourth-order valence-corrected chi connectivity index (χ4v) is 2.58. The van der Waals surface area contributed by atoms with E-state index in [4.69, 9.17) is 0 Å². The second-order valence-corrected chi connectivity index (χ2v) is 5.77. The molecule has 4 nitrogen and oxygen atoms in total. The number of aromatic nitrogens is 1. The molecular weight excluding hydrogens is 312 g/mol.